The van der Waals surface area contributed by atoms with E-state index in [-0.39, 0.29) is 26.1 Å². The van der Waals surface area contributed by atoms with Gasteiger partial charge >= 0.3 is 11.9 Å². The number of phosphoric ester groups is 1. The maximum absolute atomic E-state index is 12.5. The number of nitrogens with zero attached hydrogens (tertiary/aromatic N) is 1. The summed E-state index contributed by atoms with van der Waals surface area (Å²) < 4.78 is 33.6. The molecule has 0 rings (SSSR count). The van der Waals surface area contributed by atoms with Crippen molar-refractivity contribution in [2.75, 3.05) is 47.5 Å². The van der Waals surface area contributed by atoms with Crippen LogP contribution in [0.15, 0.2) is 36.5 Å². The van der Waals surface area contributed by atoms with Gasteiger partial charge in [-0.15, -0.1) is 0 Å². The fourth-order valence-electron chi connectivity index (χ4n) is 4.63. The fourth-order valence-corrected chi connectivity index (χ4v) is 5.36. The number of hydrogen-bond donors (Lipinski definition) is 0. The molecule has 10 heteroatoms. The highest BCUT2D eigenvalue weighted by Crippen LogP contribution is 2.38. The first-order chi connectivity index (χ1) is 23.0. The van der Waals surface area contributed by atoms with E-state index in [2.05, 4.69) is 38.2 Å². The molecule has 0 saturated carbocycles. The van der Waals surface area contributed by atoms with Crippen molar-refractivity contribution in [3.63, 3.8) is 0 Å². The minimum atomic E-state index is -4.63. The summed E-state index contributed by atoms with van der Waals surface area (Å²) in [5.74, 6) is -0.929. The molecule has 48 heavy (non-hydrogen) atoms. The molecule has 0 aromatic carbocycles. The molecular weight excluding hydrogens is 629 g/mol. The van der Waals surface area contributed by atoms with Crippen molar-refractivity contribution < 1.29 is 42.1 Å². The lowest BCUT2D eigenvalue weighted by atomic mass is 10.1. The predicted octanol–water partition coefficient (Wildman–Crippen LogP) is 9.16. The van der Waals surface area contributed by atoms with Crippen molar-refractivity contribution in [1.82, 2.24) is 0 Å². The van der Waals surface area contributed by atoms with Gasteiger partial charge in [-0.25, -0.2) is 0 Å². The molecule has 0 amide bonds. The second-order valence-electron chi connectivity index (χ2n) is 13.6. The van der Waals surface area contributed by atoms with E-state index in [1.807, 2.05) is 33.3 Å². The molecule has 0 heterocycles. The van der Waals surface area contributed by atoms with Crippen LogP contribution in [-0.4, -0.2) is 70.0 Å². The number of hydrogen-bond acceptors (Lipinski definition) is 8. The zero-order valence-electron chi connectivity index (χ0n) is 31.2. The molecule has 0 aromatic rings. The summed E-state index contributed by atoms with van der Waals surface area (Å²) in [6, 6.07) is 0. The number of carbonyl (C=O) groups excluding carboxylic acids is 2. The summed E-state index contributed by atoms with van der Waals surface area (Å²) in [4.78, 5) is 37.2. The van der Waals surface area contributed by atoms with Crippen LogP contribution in [0.25, 0.3) is 0 Å². The normalized spacial score (nSPS) is 14.2. The van der Waals surface area contributed by atoms with Crippen LogP contribution in [0.5, 0.6) is 0 Å². The van der Waals surface area contributed by atoms with Gasteiger partial charge in [-0.2, -0.15) is 0 Å². The van der Waals surface area contributed by atoms with Gasteiger partial charge in [-0.3, -0.25) is 14.2 Å². The van der Waals surface area contributed by atoms with Crippen LogP contribution in [0.3, 0.4) is 0 Å². The van der Waals surface area contributed by atoms with Gasteiger partial charge in [0.15, 0.2) is 6.10 Å². The highest BCUT2D eigenvalue weighted by atomic mass is 31.2. The van der Waals surface area contributed by atoms with Gasteiger partial charge in [0.1, 0.15) is 19.8 Å². The number of phosphoric acid groups is 1. The van der Waals surface area contributed by atoms with Crippen molar-refractivity contribution in [1.29, 1.82) is 0 Å². The van der Waals surface area contributed by atoms with Crippen molar-refractivity contribution in [3.8, 4) is 0 Å². The smallest absolute Gasteiger partial charge is 0.306 e. The Labute approximate surface area is 293 Å². The molecule has 0 radical (unpaired) electrons. The molecule has 0 aliphatic carbocycles. The molecule has 0 N–H and O–H groups in total. The molecule has 0 aromatic heterocycles. The minimum Gasteiger partial charge on any atom is -0.756 e. The lowest BCUT2D eigenvalue weighted by molar-refractivity contribution is -0.870. The van der Waals surface area contributed by atoms with E-state index < -0.39 is 32.5 Å². The Bertz CT molecular complexity index is 928. The third kappa shape index (κ3) is 34.1. The second-order valence-corrected chi connectivity index (χ2v) is 15.0. The van der Waals surface area contributed by atoms with Gasteiger partial charge in [-0.05, 0) is 51.4 Å². The van der Waals surface area contributed by atoms with E-state index in [9.17, 15) is 19.0 Å². The molecule has 280 valence electrons. The van der Waals surface area contributed by atoms with Gasteiger partial charge in [0.25, 0.3) is 7.82 Å². The summed E-state index contributed by atoms with van der Waals surface area (Å²) >= 11 is 0. The molecule has 0 bridgehead atoms. The average Bonchev–Trinajstić information content (AvgIpc) is 3.02. The summed E-state index contributed by atoms with van der Waals surface area (Å²) in [6.45, 7) is 4.07. The first-order valence-electron chi connectivity index (χ1n) is 18.7. The Morgan fingerprint density at radius 1 is 0.646 bits per heavy atom. The number of esters is 2. The van der Waals surface area contributed by atoms with Crippen LogP contribution >= 0.6 is 7.82 Å². The summed E-state index contributed by atoms with van der Waals surface area (Å²) in [6.07, 6.45) is 31.9. The number of ether oxygens (including phenoxy) is 2. The molecule has 0 saturated heterocycles. The Balaban J connectivity index is 4.56. The number of quaternary nitrogens is 1. The molecule has 0 aliphatic heterocycles. The summed E-state index contributed by atoms with van der Waals surface area (Å²) in [5.41, 5.74) is 0. The maximum atomic E-state index is 12.5. The van der Waals surface area contributed by atoms with Crippen LogP contribution in [0.2, 0.25) is 0 Å². The molecule has 0 spiro atoms. The Morgan fingerprint density at radius 2 is 1.19 bits per heavy atom. The fraction of sp³-hybridized carbons (Fsp3) is 0.789. The average molecular weight is 700 g/mol. The van der Waals surface area contributed by atoms with E-state index in [1.54, 1.807) is 0 Å². The Morgan fingerprint density at radius 3 is 1.81 bits per heavy atom. The first-order valence-corrected chi connectivity index (χ1v) is 20.2. The summed E-state index contributed by atoms with van der Waals surface area (Å²) in [5, 5.41) is 0. The number of allylic oxidation sites excluding steroid dienone is 6. The van der Waals surface area contributed by atoms with E-state index in [4.69, 9.17) is 18.5 Å². The van der Waals surface area contributed by atoms with E-state index >= 15 is 0 Å². The SMILES string of the molecule is CCCC/C=C/CCCCCCCC(=O)OCC(COP(=O)([O-])OCC[N+](C)(C)C)OC(=O)CC/C=C/C/C=C/CCCCCCCC. The number of carbonyl (C=O) groups is 2. The topological polar surface area (TPSA) is 111 Å². The first kappa shape index (κ1) is 46.2. The van der Waals surface area contributed by atoms with Crippen LogP contribution in [0.1, 0.15) is 142 Å². The van der Waals surface area contributed by atoms with Crippen LogP contribution in [0.4, 0.5) is 0 Å². The standard InChI is InChI=1S/C38H70NO8P/c1-6-8-10-12-14-16-18-19-21-23-25-27-29-31-38(41)47-36(35-46-48(42,43)45-33-32-39(3,4)5)34-44-37(40)30-28-26-24-22-20-17-15-13-11-9-7-2/h13,15,19,21,25,27,36H,6-12,14,16-18,20,22-24,26,28-35H2,1-5H3/b15-13+,21-19+,27-25+. The molecule has 2 atom stereocenters. The third-order valence-corrected chi connectivity index (χ3v) is 8.61. The lowest BCUT2D eigenvalue weighted by Gasteiger charge is -2.28. The maximum Gasteiger partial charge on any atom is 0.306 e. The van der Waals surface area contributed by atoms with Crippen molar-refractivity contribution in [2.45, 2.75) is 148 Å². The third-order valence-electron chi connectivity index (χ3n) is 7.65. The van der Waals surface area contributed by atoms with E-state index in [0.717, 1.165) is 51.4 Å². The van der Waals surface area contributed by atoms with E-state index in [1.165, 1.54) is 51.4 Å². The Kier molecular flexibility index (Phi) is 30.1. The van der Waals surface area contributed by atoms with Crippen molar-refractivity contribution in [2.24, 2.45) is 0 Å². The number of likely N-dealkylation sites (N-methyl/N-ethyl adjacent to an activating group) is 1. The van der Waals surface area contributed by atoms with E-state index in [0.29, 0.717) is 23.9 Å². The molecule has 0 fully saturated rings. The van der Waals surface area contributed by atoms with Crippen LogP contribution < -0.4 is 4.89 Å². The van der Waals surface area contributed by atoms with Gasteiger partial charge in [-0.1, -0.05) is 115 Å². The lowest BCUT2D eigenvalue weighted by Crippen LogP contribution is -2.37. The predicted molar refractivity (Wildman–Crippen MR) is 194 cm³/mol. The quantitative estimate of drug-likeness (QED) is 0.0219. The summed E-state index contributed by atoms with van der Waals surface area (Å²) in [7, 11) is 1.12. The molecule has 0 aliphatic rings. The van der Waals surface area contributed by atoms with Crippen molar-refractivity contribution in [3.05, 3.63) is 36.5 Å². The van der Waals surface area contributed by atoms with Gasteiger partial charge in [0, 0.05) is 12.8 Å². The molecule has 2 unspecified atom stereocenters. The zero-order valence-corrected chi connectivity index (χ0v) is 32.1. The highest BCUT2D eigenvalue weighted by Gasteiger charge is 2.21. The largest absolute Gasteiger partial charge is 0.756 e. The van der Waals surface area contributed by atoms with Gasteiger partial charge in [0.2, 0.25) is 0 Å². The van der Waals surface area contributed by atoms with Crippen molar-refractivity contribution >= 4 is 19.8 Å². The molecule has 9 nitrogen and oxygen atoms in total. The number of rotatable bonds is 33. The molecular formula is C38H70NO8P. The van der Waals surface area contributed by atoms with Crippen LogP contribution in [-0.2, 0) is 32.7 Å². The van der Waals surface area contributed by atoms with Gasteiger partial charge < -0.3 is 27.9 Å². The van der Waals surface area contributed by atoms with Gasteiger partial charge in [0.05, 0.1) is 27.7 Å². The monoisotopic (exact) mass is 699 g/mol. The highest BCUT2D eigenvalue weighted by molar-refractivity contribution is 7.45. The van der Waals surface area contributed by atoms with Crippen LogP contribution in [0, 0.1) is 0 Å². The zero-order chi connectivity index (χ0) is 35.8. The minimum absolute atomic E-state index is 0.0417. The number of unbranched alkanes of at least 4 members (excludes halogenated alkanes) is 13. The Hall–Kier alpha value is -1.77. The second kappa shape index (κ2) is 31.2.